The highest BCUT2D eigenvalue weighted by atomic mass is 35.5. The van der Waals surface area contributed by atoms with Crippen molar-refractivity contribution in [2.75, 3.05) is 5.75 Å². The van der Waals surface area contributed by atoms with E-state index in [2.05, 4.69) is 10.5 Å². The van der Waals surface area contributed by atoms with Crippen LogP contribution in [0.25, 0.3) is 0 Å². The second kappa shape index (κ2) is 4.43. The number of carbonyl (C=O) groups is 1. The molecule has 0 atom stereocenters. The van der Waals surface area contributed by atoms with Gasteiger partial charge in [0.15, 0.2) is 0 Å². The van der Waals surface area contributed by atoms with Gasteiger partial charge in [0.05, 0.1) is 5.71 Å². The second-order valence-corrected chi connectivity index (χ2v) is 4.73. The third kappa shape index (κ3) is 2.65. The molecule has 3 nitrogen and oxygen atoms in total. The smallest absolute Gasteiger partial charge is 0.260 e. The van der Waals surface area contributed by atoms with Gasteiger partial charge in [0.25, 0.3) is 5.24 Å². The lowest BCUT2D eigenvalue weighted by Gasteiger charge is -2.11. The minimum absolute atomic E-state index is 0.146. The van der Waals surface area contributed by atoms with Crippen molar-refractivity contribution < 1.29 is 4.79 Å². The highest BCUT2D eigenvalue weighted by molar-refractivity contribution is 8.14. The molecule has 1 aromatic carbocycles. The number of carbonyl (C=O) groups excluding carboxylic acids is 1. The molecule has 6 heteroatoms. The Kier molecular flexibility index (Phi) is 3.19. The summed E-state index contributed by atoms with van der Waals surface area (Å²) in [7, 11) is 0. The molecule has 0 bridgehead atoms. The summed E-state index contributed by atoms with van der Waals surface area (Å²) in [5.41, 5.74) is 4.00. The first kappa shape index (κ1) is 10.8. The lowest BCUT2D eigenvalue weighted by molar-refractivity contribution is 0.261. The zero-order chi connectivity index (χ0) is 10.8. The average molecular weight is 261 g/mol. The Bertz CT molecular complexity index is 427. The fourth-order valence-electron chi connectivity index (χ4n) is 1.18. The second-order valence-electron chi connectivity index (χ2n) is 2.90. The first-order valence-corrected chi connectivity index (χ1v) is 5.85. The molecule has 1 N–H and O–H groups in total. The highest BCUT2D eigenvalue weighted by Crippen LogP contribution is 2.21. The van der Waals surface area contributed by atoms with Gasteiger partial charge in [-0.05, 0) is 18.2 Å². The Morgan fingerprint density at radius 1 is 1.27 bits per heavy atom. The van der Waals surface area contributed by atoms with Crippen LogP contribution in [0.15, 0.2) is 23.3 Å². The van der Waals surface area contributed by atoms with Crippen LogP contribution in [0.3, 0.4) is 0 Å². The molecule has 0 radical (unpaired) electrons. The Morgan fingerprint density at radius 3 is 2.47 bits per heavy atom. The van der Waals surface area contributed by atoms with Crippen LogP contribution in [0.4, 0.5) is 4.79 Å². The summed E-state index contributed by atoms with van der Waals surface area (Å²) in [5.74, 6) is 0.530. The van der Waals surface area contributed by atoms with E-state index in [0.29, 0.717) is 15.8 Å². The summed E-state index contributed by atoms with van der Waals surface area (Å²) in [4.78, 5) is 10.9. The van der Waals surface area contributed by atoms with E-state index >= 15 is 0 Å². The molecule has 1 heterocycles. The maximum absolute atomic E-state index is 10.9. The number of thioether (sulfide) groups is 1. The minimum atomic E-state index is -0.146. The number of rotatable bonds is 1. The van der Waals surface area contributed by atoms with Gasteiger partial charge in [0.1, 0.15) is 0 Å². The fraction of sp³-hybridized carbons (Fsp3) is 0.111. The van der Waals surface area contributed by atoms with E-state index in [9.17, 15) is 4.79 Å². The SMILES string of the molecule is O=C1NN=C(c2cc(Cl)cc(Cl)c2)CS1. The number of nitrogens with one attached hydrogen (secondary N) is 1. The molecule has 0 spiro atoms. The van der Waals surface area contributed by atoms with Gasteiger partial charge in [-0.15, -0.1) is 0 Å². The average Bonchev–Trinajstić information content (AvgIpc) is 2.17. The van der Waals surface area contributed by atoms with Crippen LogP contribution in [-0.2, 0) is 0 Å². The predicted octanol–water partition coefficient (Wildman–Crippen LogP) is 3.15. The zero-order valence-electron chi connectivity index (χ0n) is 7.46. The summed E-state index contributed by atoms with van der Waals surface area (Å²) in [6.07, 6.45) is 0. The molecular weight excluding hydrogens is 255 g/mol. The van der Waals surface area contributed by atoms with Gasteiger partial charge in [-0.1, -0.05) is 35.0 Å². The van der Waals surface area contributed by atoms with E-state index in [-0.39, 0.29) is 5.24 Å². The number of benzene rings is 1. The van der Waals surface area contributed by atoms with E-state index in [1.165, 1.54) is 11.8 Å². The maximum Gasteiger partial charge on any atom is 0.299 e. The van der Waals surface area contributed by atoms with Crippen LogP contribution in [0.1, 0.15) is 5.56 Å². The number of hydrazone groups is 1. The Balaban J connectivity index is 2.33. The van der Waals surface area contributed by atoms with E-state index in [0.717, 1.165) is 11.3 Å². The Morgan fingerprint density at radius 2 is 1.93 bits per heavy atom. The quantitative estimate of drug-likeness (QED) is 0.843. The molecule has 0 aliphatic carbocycles. The Hall–Kier alpha value is -0.710. The number of halogens is 2. The van der Waals surface area contributed by atoms with Crippen molar-refractivity contribution in [3.8, 4) is 0 Å². The van der Waals surface area contributed by atoms with Crippen molar-refractivity contribution in [3.05, 3.63) is 33.8 Å². The van der Waals surface area contributed by atoms with Gasteiger partial charge in [-0.25, -0.2) is 5.43 Å². The third-order valence-corrected chi connectivity index (χ3v) is 3.03. The monoisotopic (exact) mass is 260 g/mol. The predicted molar refractivity (Wildman–Crippen MR) is 64.0 cm³/mol. The molecule has 1 aliphatic heterocycles. The normalized spacial score (nSPS) is 15.9. The largest absolute Gasteiger partial charge is 0.299 e. The van der Waals surface area contributed by atoms with Gasteiger partial charge < -0.3 is 0 Å². The first-order valence-electron chi connectivity index (χ1n) is 4.11. The van der Waals surface area contributed by atoms with Crippen molar-refractivity contribution in [3.63, 3.8) is 0 Å². The molecular formula is C9H6Cl2N2OS. The Labute approximate surface area is 101 Å². The van der Waals surface area contributed by atoms with Crippen LogP contribution in [0.5, 0.6) is 0 Å². The van der Waals surface area contributed by atoms with E-state index < -0.39 is 0 Å². The molecule has 0 saturated carbocycles. The lowest BCUT2D eigenvalue weighted by Crippen LogP contribution is -2.23. The van der Waals surface area contributed by atoms with Gasteiger partial charge >= 0.3 is 0 Å². The lowest BCUT2D eigenvalue weighted by atomic mass is 10.1. The van der Waals surface area contributed by atoms with Crippen LogP contribution in [0, 0.1) is 0 Å². The minimum Gasteiger partial charge on any atom is -0.260 e. The standard InChI is InChI=1S/C9H6Cl2N2OS/c10-6-1-5(2-7(11)3-6)8-4-15-9(14)13-12-8/h1-3H,4H2,(H,13,14). The zero-order valence-corrected chi connectivity index (χ0v) is 9.79. The summed E-state index contributed by atoms with van der Waals surface area (Å²) < 4.78 is 0. The molecule has 0 saturated heterocycles. The fourth-order valence-corrected chi connectivity index (χ4v) is 2.32. The van der Waals surface area contributed by atoms with E-state index in [1.807, 2.05) is 0 Å². The van der Waals surface area contributed by atoms with E-state index in [4.69, 9.17) is 23.2 Å². The molecule has 2 rings (SSSR count). The number of hydrogen-bond acceptors (Lipinski definition) is 3. The van der Waals surface area contributed by atoms with Gasteiger partial charge in [-0.3, -0.25) is 4.79 Å². The van der Waals surface area contributed by atoms with Crippen molar-refractivity contribution in [2.45, 2.75) is 0 Å². The summed E-state index contributed by atoms with van der Waals surface area (Å²) in [6.45, 7) is 0. The molecule has 0 unspecified atom stereocenters. The van der Waals surface area contributed by atoms with Crippen molar-refractivity contribution in [1.82, 2.24) is 5.43 Å². The molecule has 0 fully saturated rings. The van der Waals surface area contributed by atoms with Gasteiger partial charge in [-0.2, -0.15) is 5.10 Å². The molecule has 1 amide bonds. The molecule has 1 aromatic rings. The molecule has 78 valence electrons. The summed E-state index contributed by atoms with van der Waals surface area (Å²) >= 11 is 12.9. The summed E-state index contributed by atoms with van der Waals surface area (Å²) in [6, 6.07) is 5.19. The summed E-state index contributed by atoms with van der Waals surface area (Å²) in [5, 5.41) is 4.91. The van der Waals surface area contributed by atoms with Crippen LogP contribution in [-0.4, -0.2) is 16.7 Å². The molecule has 0 aromatic heterocycles. The number of amides is 1. The number of nitrogens with zero attached hydrogens (tertiary/aromatic N) is 1. The van der Waals surface area contributed by atoms with Crippen LogP contribution in [0.2, 0.25) is 10.0 Å². The van der Waals surface area contributed by atoms with Crippen LogP contribution >= 0.6 is 35.0 Å². The van der Waals surface area contributed by atoms with Gasteiger partial charge in [0, 0.05) is 21.4 Å². The molecule has 15 heavy (non-hydrogen) atoms. The van der Waals surface area contributed by atoms with Crippen molar-refractivity contribution in [2.24, 2.45) is 5.10 Å². The topological polar surface area (TPSA) is 41.5 Å². The van der Waals surface area contributed by atoms with Gasteiger partial charge in [0.2, 0.25) is 0 Å². The van der Waals surface area contributed by atoms with E-state index in [1.54, 1.807) is 18.2 Å². The van der Waals surface area contributed by atoms with Crippen molar-refractivity contribution in [1.29, 1.82) is 0 Å². The number of hydrogen-bond donors (Lipinski definition) is 1. The molecule has 1 aliphatic rings. The first-order chi connectivity index (χ1) is 7.15. The highest BCUT2D eigenvalue weighted by Gasteiger charge is 2.14. The maximum atomic E-state index is 10.9. The third-order valence-electron chi connectivity index (χ3n) is 1.82. The van der Waals surface area contributed by atoms with Crippen molar-refractivity contribution >= 4 is 45.9 Å². The van der Waals surface area contributed by atoms with Crippen LogP contribution < -0.4 is 5.43 Å².